The highest BCUT2D eigenvalue weighted by Gasteiger charge is 2.12. The Morgan fingerprint density at radius 1 is 1.04 bits per heavy atom. The molecule has 0 bridgehead atoms. The Morgan fingerprint density at radius 2 is 1.80 bits per heavy atom. The summed E-state index contributed by atoms with van der Waals surface area (Å²) >= 11 is 14.1. The van der Waals surface area contributed by atoms with Crippen molar-refractivity contribution in [3.05, 3.63) is 64.0 Å². The van der Waals surface area contributed by atoms with Crippen molar-refractivity contribution in [2.45, 2.75) is 25.0 Å². The number of benzene rings is 2. The standard InChI is InChI=1S/C18H17Cl2N3OS/c1-2-10-25-18-23-22-16(24-18)11-12-6-3-4-9-15(12)21-17-13(19)7-5-8-14(17)20/h3-9,21H,2,10-11H2,1H3. The molecule has 0 saturated carbocycles. The van der Waals surface area contributed by atoms with Gasteiger partial charge in [0, 0.05) is 11.4 Å². The molecule has 3 aromatic rings. The topological polar surface area (TPSA) is 51.0 Å². The van der Waals surface area contributed by atoms with Crippen molar-refractivity contribution in [2.24, 2.45) is 0 Å². The zero-order valence-electron chi connectivity index (χ0n) is 13.6. The van der Waals surface area contributed by atoms with E-state index in [1.54, 1.807) is 23.9 Å². The van der Waals surface area contributed by atoms with Gasteiger partial charge in [0.1, 0.15) is 0 Å². The van der Waals surface area contributed by atoms with E-state index in [9.17, 15) is 0 Å². The maximum absolute atomic E-state index is 6.25. The highest BCUT2D eigenvalue weighted by atomic mass is 35.5. The molecule has 0 aliphatic carbocycles. The summed E-state index contributed by atoms with van der Waals surface area (Å²) in [7, 11) is 0. The van der Waals surface area contributed by atoms with Crippen LogP contribution in [-0.4, -0.2) is 16.0 Å². The minimum atomic E-state index is 0.533. The Balaban J connectivity index is 1.80. The summed E-state index contributed by atoms with van der Waals surface area (Å²) in [4.78, 5) is 0. The van der Waals surface area contributed by atoms with Crippen LogP contribution in [0, 0.1) is 0 Å². The number of aromatic nitrogens is 2. The molecule has 0 radical (unpaired) electrons. The second-order valence-corrected chi connectivity index (χ2v) is 7.23. The van der Waals surface area contributed by atoms with Gasteiger partial charge in [0.15, 0.2) is 0 Å². The number of halogens is 2. The van der Waals surface area contributed by atoms with Gasteiger partial charge >= 0.3 is 0 Å². The molecular formula is C18H17Cl2N3OS. The lowest BCUT2D eigenvalue weighted by Crippen LogP contribution is -1.98. The molecule has 4 nitrogen and oxygen atoms in total. The summed E-state index contributed by atoms with van der Waals surface area (Å²) in [6.07, 6.45) is 1.60. The fourth-order valence-corrected chi connectivity index (χ4v) is 3.39. The third-order valence-corrected chi connectivity index (χ3v) is 5.11. The van der Waals surface area contributed by atoms with Crippen LogP contribution in [0.5, 0.6) is 0 Å². The molecule has 130 valence electrons. The Labute approximate surface area is 160 Å². The first-order valence-electron chi connectivity index (χ1n) is 7.91. The molecule has 1 heterocycles. The lowest BCUT2D eigenvalue weighted by Gasteiger charge is -2.13. The van der Waals surface area contributed by atoms with E-state index in [1.807, 2.05) is 30.3 Å². The van der Waals surface area contributed by atoms with Gasteiger partial charge in [-0.3, -0.25) is 0 Å². The van der Waals surface area contributed by atoms with Gasteiger partial charge in [-0.15, -0.1) is 10.2 Å². The van der Waals surface area contributed by atoms with E-state index in [2.05, 4.69) is 22.4 Å². The number of rotatable bonds is 7. The molecule has 1 N–H and O–H groups in total. The van der Waals surface area contributed by atoms with E-state index in [0.29, 0.717) is 33.3 Å². The number of thioether (sulfide) groups is 1. The van der Waals surface area contributed by atoms with Crippen molar-refractivity contribution < 1.29 is 4.42 Å². The van der Waals surface area contributed by atoms with Crippen LogP contribution in [-0.2, 0) is 6.42 Å². The third-order valence-electron chi connectivity index (χ3n) is 3.46. The van der Waals surface area contributed by atoms with Crippen molar-refractivity contribution >= 4 is 46.3 Å². The van der Waals surface area contributed by atoms with E-state index in [-0.39, 0.29) is 0 Å². The molecule has 7 heteroatoms. The monoisotopic (exact) mass is 393 g/mol. The number of anilines is 2. The van der Waals surface area contributed by atoms with Gasteiger partial charge in [0.25, 0.3) is 5.22 Å². The number of nitrogens with zero attached hydrogens (tertiary/aromatic N) is 2. The Bertz CT molecular complexity index is 834. The second-order valence-electron chi connectivity index (χ2n) is 5.37. The average molecular weight is 394 g/mol. The maximum Gasteiger partial charge on any atom is 0.276 e. The number of nitrogens with one attached hydrogen (secondary N) is 1. The van der Waals surface area contributed by atoms with Gasteiger partial charge in [0.05, 0.1) is 22.2 Å². The van der Waals surface area contributed by atoms with E-state index in [0.717, 1.165) is 23.4 Å². The molecule has 0 unspecified atom stereocenters. The smallest absolute Gasteiger partial charge is 0.276 e. The lowest BCUT2D eigenvalue weighted by atomic mass is 10.1. The molecule has 25 heavy (non-hydrogen) atoms. The highest BCUT2D eigenvalue weighted by Crippen LogP contribution is 2.34. The summed E-state index contributed by atoms with van der Waals surface area (Å²) in [5.41, 5.74) is 2.61. The van der Waals surface area contributed by atoms with Crippen LogP contribution in [0.15, 0.2) is 52.1 Å². The van der Waals surface area contributed by atoms with Gasteiger partial charge < -0.3 is 9.73 Å². The Hall–Kier alpha value is -1.69. The minimum Gasteiger partial charge on any atom is -0.416 e. The first kappa shape index (κ1) is 18.1. The number of para-hydroxylation sites is 2. The predicted molar refractivity (Wildman–Crippen MR) is 104 cm³/mol. The van der Waals surface area contributed by atoms with Crippen LogP contribution < -0.4 is 5.32 Å². The van der Waals surface area contributed by atoms with E-state index >= 15 is 0 Å². The zero-order chi connectivity index (χ0) is 17.6. The quantitative estimate of drug-likeness (QED) is 0.483. The van der Waals surface area contributed by atoms with Gasteiger partial charge in [-0.1, -0.05) is 66.2 Å². The molecule has 0 aliphatic rings. The van der Waals surface area contributed by atoms with Crippen molar-refractivity contribution in [3.63, 3.8) is 0 Å². The molecule has 2 aromatic carbocycles. The van der Waals surface area contributed by atoms with Crippen molar-refractivity contribution in [1.82, 2.24) is 10.2 Å². The Morgan fingerprint density at radius 3 is 2.56 bits per heavy atom. The van der Waals surface area contributed by atoms with Gasteiger partial charge in [0.2, 0.25) is 5.89 Å². The summed E-state index contributed by atoms with van der Waals surface area (Å²) in [6, 6.07) is 13.3. The summed E-state index contributed by atoms with van der Waals surface area (Å²) in [5, 5.41) is 13.3. The van der Waals surface area contributed by atoms with Crippen LogP contribution in [0.2, 0.25) is 10.0 Å². The third kappa shape index (κ3) is 4.69. The second kappa shape index (κ2) is 8.61. The normalized spacial score (nSPS) is 10.8. The molecule has 0 spiro atoms. The van der Waals surface area contributed by atoms with E-state index in [1.165, 1.54) is 0 Å². The van der Waals surface area contributed by atoms with Crippen LogP contribution in [0.4, 0.5) is 11.4 Å². The molecule has 1 aromatic heterocycles. The molecule has 0 saturated heterocycles. The lowest BCUT2D eigenvalue weighted by molar-refractivity contribution is 0.420. The highest BCUT2D eigenvalue weighted by molar-refractivity contribution is 7.99. The van der Waals surface area contributed by atoms with Gasteiger partial charge in [-0.25, -0.2) is 0 Å². The number of hydrogen-bond donors (Lipinski definition) is 1. The molecule has 3 rings (SSSR count). The zero-order valence-corrected chi connectivity index (χ0v) is 16.0. The SMILES string of the molecule is CCCSc1nnc(Cc2ccccc2Nc2c(Cl)cccc2Cl)o1. The molecule has 0 amide bonds. The average Bonchev–Trinajstić information content (AvgIpc) is 3.05. The first-order chi connectivity index (χ1) is 12.2. The molecule has 0 fully saturated rings. The largest absolute Gasteiger partial charge is 0.416 e. The van der Waals surface area contributed by atoms with Crippen LogP contribution in [0.25, 0.3) is 0 Å². The van der Waals surface area contributed by atoms with Crippen molar-refractivity contribution in [3.8, 4) is 0 Å². The Kier molecular flexibility index (Phi) is 6.24. The first-order valence-corrected chi connectivity index (χ1v) is 9.65. The van der Waals surface area contributed by atoms with Crippen LogP contribution in [0.1, 0.15) is 24.8 Å². The summed E-state index contributed by atoms with van der Waals surface area (Å²) in [5.74, 6) is 1.54. The molecule has 0 atom stereocenters. The summed E-state index contributed by atoms with van der Waals surface area (Å²) < 4.78 is 5.70. The van der Waals surface area contributed by atoms with Gasteiger partial charge in [-0.05, 0) is 30.2 Å². The summed E-state index contributed by atoms with van der Waals surface area (Å²) in [6.45, 7) is 2.12. The fourth-order valence-electron chi connectivity index (χ4n) is 2.27. The fraction of sp³-hybridized carbons (Fsp3) is 0.222. The number of hydrogen-bond acceptors (Lipinski definition) is 5. The maximum atomic E-state index is 6.25. The van der Waals surface area contributed by atoms with Gasteiger partial charge in [-0.2, -0.15) is 0 Å². The van der Waals surface area contributed by atoms with E-state index in [4.69, 9.17) is 27.6 Å². The molecular weight excluding hydrogens is 377 g/mol. The van der Waals surface area contributed by atoms with Crippen LogP contribution >= 0.6 is 35.0 Å². The van der Waals surface area contributed by atoms with E-state index < -0.39 is 0 Å². The molecule has 0 aliphatic heterocycles. The van der Waals surface area contributed by atoms with Crippen molar-refractivity contribution in [2.75, 3.05) is 11.1 Å². The predicted octanol–water partition coefficient (Wildman–Crippen LogP) is 6.21. The minimum absolute atomic E-state index is 0.533. The van der Waals surface area contributed by atoms with Crippen LogP contribution in [0.3, 0.4) is 0 Å². The van der Waals surface area contributed by atoms with Crippen molar-refractivity contribution in [1.29, 1.82) is 0 Å².